The van der Waals surface area contributed by atoms with Crippen LogP contribution in [0.4, 0.5) is 5.69 Å². The zero-order valence-electron chi connectivity index (χ0n) is 12.5. The summed E-state index contributed by atoms with van der Waals surface area (Å²) in [6, 6.07) is 6.15. The number of rotatable bonds is 4. The predicted octanol–water partition coefficient (Wildman–Crippen LogP) is 1.06. The van der Waals surface area contributed by atoms with Crippen molar-refractivity contribution < 1.29 is 9.53 Å². The molecule has 1 saturated carbocycles. The molecule has 0 bridgehead atoms. The second-order valence-electron chi connectivity index (χ2n) is 5.98. The number of hydrogen-bond donors (Lipinski definition) is 2. The number of ether oxygens (including phenoxy) is 1. The molecule has 2 aliphatic rings. The monoisotopic (exact) mass is 289 g/mol. The molecule has 0 radical (unpaired) electrons. The zero-order chi connectivity index (χ0) is 14.8. The van der Waals surface area contributed by atoms with Gasteiger partial charge < -0.3 is 15.8 Å². The molecular weight excluding hydrogens is 266 g/mol. The standard InChI is InChI=1S/C16H23N3O2/c1-11-12(3-2-4-14(11)17)9-19-7-8-21-10-15(19)16(20)18-13-5-6-13/h2-4,13,15H,5-10,17H2,1H3,(H,18,20). The quantitative estimate of drug-likeness (QED) is 0.813. The molecule has 1 aliphatic carbocycles. The van der Waals surface area contributed by atoms with Crippen molar-refractivity contribution in [1.82, 2.24) is 10.2 Å². The maximum Gasteiger partial charge on any atom is 0.239 e. The Morgan fingerprint density at radius 1 is 1.48 bits per heavy atom. The van der Waals surface area contributed by atoms with Crippen LogP contribution in [0.15, 0.2) is 18.2 Å². The minimum absolute atomic E-state index is 0.0961. The Balaban J connectivity index is 1.71. The van der Waals surface area contributed by atoms with Crippen molar-refractivity contribution in [3.8, 4) is 0 Å². The molecule has 114 valence electrons. The summed E-state index contributed by atoms with van der Waals surface area (Å²) in [5.74, 6) is 0.0961. The number of morpholine rings is 1. The second-order valence-corrected chi connectivity index (χ2v) is 5.98. The first kappa shape index (κ1) is 14.4. The molecule has 3 rings (SSSR count). The van der Waals surface area contributed by atoms with Crippen LogP contribution in [0.25, 0.3) is 0 Å². The van der Waals surface area contributed by atoms with Crippen molar-refractivity contribution in [1.29, 1.82) is 0 Å². The Kier molecular flexibility index (Phi) is 4.12. The Morgan fingerprint density at radius 3 is 3.05 bits per heavy atom. The van der Waals surface area contributed by atoms with Crippen LogP contribution in [0.2, 0.25) is 0 Å². The van der Waals surface area contributed by atoms with E-state index in [9.17, 15) is 4.79 Å². The van der Waals surface area contributed by atoms with E-state index in [1.54, 1.807) is 0 Å². The Hall–Kier alpha value is -1.59. The summed E-state index contributed by atoms with van der Waals surface area (Å²) in [6.45, 7) is 4.69. The highest BCUT2D eigenvalue weighted by atomic mass is 16.5. The number of nitrogens with two attached hydrogens (primary N) is 1. The smallest absolute Gasteiger partial charge is 0.239 e. The van der Waals surface area contributed by atoms with E-state index >= 15 is 0 Å². The van der Waals surface area contributed by atoms with E-state index < -0.39 is 0 Å². The van der Waals surface area contributed by atoms with Crippen LogP contribution >= 0.6 is 0 Å². The Morgan fingerprint density at radius 2 is 2.29 bits per heavy atom. The topological polar surface area (TPSA) is 67.6 Å². The number of nitrogen functional groups attached to an aromatic ring is 1. The van der Waals surface area contributed by atoms with Crippen molar-refractivity contribution in [3.63, 3.8) is 0 Å². The van der Waals surface area contributed by atoms with Gasteiger partial charge in [0.2, 0.25) is 5.91 Å². The molecule has 3 N–H and O–H groups in total. The van der Waals surface area contributed by atoms with E-state index in [1.165, 1.54) is 5.56 Å². The zero-order valence-corrected chi connectivity index (χ0v) is 12.5. The van der Waals surface area contributed by atoms with E-state index in [0.29, 0.717) is 19.3 Å². The normalized spacial score (nSPS) is 23.0. The first-order chi connectivity index (χ1) is 10.1. The number of benzene rings is 1. The van der Waals surface area contributed by atoms with Gasteiger partial charge in [-0.05, 0) is 37.0 Å². The highest BCUT2D eigenvalue weighted by Crippen LogP contribution is 2.22. The molecule has 1 aliphatic heterocycles. The molecular formula is C16H23N3O2. The van der Waals surface area contributed by atoms with Crippen molar-refractivity contribution in [2.24, 2.45) is 0 Å². The summed E-state index contributed by atoms with van der Waals surface area (Å²) in [7, 11) is 0. The molecule has 1 saturated heterocycles. The van der Waals surface area contributed by atoms with Crippen LogP contribution in [0.5, 0.6) is 0 Å². The number of nitrogens with zero attached hydrogens (tertiary/aromatic N) is 1. The maximum atomic E-state index is 12.3. The highest BCUT2D eigenvalue weighted by Gasteiger charge is 2.33. The summed E-state index contributed by atoms with van der Waals surface area (Å²) in [5, 5.41) is 3.08. The maximum absolute atomic E-state index is 12.3. The molecule has 1 aromatic carbocycles. The van der Waals surface area contributed by atoms with Crippen molar-refractivity contribution >= 4 is 11.6 Å². The van der Waals surface area contributed by atoms with Gasteiger partial charge in [0.15, 0.2) is 0 Å². The Bertz CT molecular complexity index is 528. The Labute approximate surface area is 125 Å². The summed E-state index contributed by atoms with van der Waals surface area (Å²) in [6.07, 6.45) is 2.21. The van der Waals surface area contributed by atoms with E-state index in [0.717, 1.165) is 37.2 Å². The molecule has 21 heavy (non-hydrogen) atoms. The first-order valence-corrected chi connectivity index (χ1v) is 7.61. The minimum Gasteiger partial charge on any atom is -0.399 e. The van der Waals surface area contributed by atoms with Crippen molar-refractivity contribution in [3.05, 3.63) is 29.3 Å². The minimum atomic E-state index is -0.194. The van der Waals surface area contributed by atoms with Crippen LogP contribution in [0, 0.1) is 6.92 Å². The summed E-state index contributed by atoms with van der Waals surface area (Å²) in [4.78, 5) is 14.5. The number of anilines is 1. The third kappa shape index (κ3) is 3.36. The lowest BCUT2D eigenvalue weighted by Gasteiger charge is -2.35. The van der Waals surface area contributed by atoms with E-state index in [4.69, 9.17) is 10.5 Å². The van der Waals surface area contributed by atoms with Gasteiger partial charge in [-0.1, -0.05) is 12.1 Å². The van der Waals surface area contributed by atoms with Crippen LogP contribution in [-0.2, 0) is 16.1 Å². The van der Waals surface area contributed by atoms with Crippen molar-refractivity contribution in [2.45, 2.75) is 38.4 Å². The number of carbonyl (C=O) groups is 1. The fourth-order valence-corrected chi connectivity index (χ4v) is 2.69. The fourth-order valence-electron chi connectivity index (χ4n) is 2.69. The van der Waals surface area contributed by atoms with Gasteiger partial charge in [0.1, 0.15) is 6.04 Å². The number of amides is 1. The third-order valence-corrected chi connectivity index (χ3v) is 4.33. The van der Waals surface area contributed by atoms with Gasteiger partial charge in [-0.3, -0.25) is 9.69 Å². The summed E-state index contributed by atoms with van der Waals surface area (Å²) >= 11 is 0. The van der Waals surface area contributed by atoms with Crippen LogP contribution in [0.3, 0.4) is 0 Å². The SMILES string of the molecule is Cc1c(N)cccc1CN1CCOCC1C(=O)NC1CC1. The molecule has 1 atom stereocenters. The molecule has 5 nitrogen and oxygen atoms in total. The lowest BCUT2D eigenvalue weighted by Crippen LogP contribution is -2.53. The van der Waals surface area contributed by atoms with Crippen LogP contribution in [0.1, 0.15) is 24.0 Å². The molecule has 1 heterocycles. The lowest BCUT2D eigenvalue weighted by atomic mass is 10.0. The highest BCUT2D eigenvalue weighted by molar-refractivity contribution is 5.82. The number of nitrogens with one attached hydrogen (secondary N) is 1. The summed E-state index contributed by atoms with van der Waals surface area (Å²) < 4.78 is 5.50. The molecule has 1 unspecified atom stereocenters. The molecule has 2 fully saturated rings. The summed E-state index contributed by atoms with van der Waals surface area (Å²) in [5.41, 5.74) is 9.06. The van der Waals surface area contributed by atoms with Gasteiger partial charge in [0.05, 0.1) is 13.2 Å². The first-order valence-electron chi connectivity index (χ1n) is 7.61. The van der Waals surface area contributed by atoms with Gasteiger partial charge >= 0.3 is 0 Å². The van der Waals surface area contributed by atoms with Gasteiger partial charge in [0, 0.05) is 24.8 Å². The lowest BCUT2D eigenvalue weighted by molar-refractivity contribution is -0.133. The molecule has 1 amide bonds. The van der Waals surface area contributed by atoms with Crippen molar-refractivity contribution in [2.75, 3.05) is 25.5 Å². The molecule has 1 aromatic rings. The van der Waals surface area contributed by atoms with E-state index in [-0.39, 0.29) is 11.9 Å². The largest absolute Gasteiger partial charge is 0.399 e. The van der Waals surface area contributed by atoms with E-state index in [2.05, 4.69) is 16.3 Å². The molecule has 0 spiro atoms. The fraction of sp³-hybridized carbons (Fsp3) is 0.562. The van der Waals surface area contributed by atoms with Crippen LogP contribution in [-0.4, -0.2) is 42.6 Å². The van der Waals surface area contributed by atoms with Crippen LogP contribution < -0.4 is 11.1 Å². The average molecular weight is 289 g/mol. The third-order valence-electron chi connectivity index (χ3n) is 4.33. The van der Waals surface area contributed by atoms with E-state index in [1.807, 2.05) is 19.1 Å². The average Bonchev–Trinajstić information content (AvgIpc) is 3.28. The second kappa shape index (κ2) is 6.03. The number of carbonyl (C=O) groups excluding carboxylic acids is 1. The van der Waals surface area contributed by atoms with Gasteiger partial charge in [0.25, 0.3) is 0 Å². The van der Waals surface area contributed by atoms with Gasteiger partial charge in [-0.25, -0.2) is 0 Å². The predicted molar refractivity (Wildman–Crippen MR) is 81.8 cm³/mol. The van der Waals surface area contributed by atoms with Gasteiger partial charge in [-0.2, -0.15) is 0 Å². The molecule has 5 heteroatoms. The number of hydrogen-bond acceptors (Lipinski definition) is 4. The molecule has 0 aromatic heterocycles. The van der Waals surface area contributed by atoms with Gasteiger partial charge in [-0.15, -0.1) is 0 Å².